The molecule has 0 unspecified atom stereocenters. The van der Waals surface area contributed by atoms with Crippen molar-refractivity contribution in [2.24, 2.45) is 0 Å². The van der Waals surface area contributed by atoms with E-state index in [0.717, 1.165) is 9.13 Å². The normalized spacial score (nSPS) is 18.4. The lowest BCUT2D eigenvalue weighted by molar-refractivity contribution is 0.450. The maximum Gasteiger partial charge on any atom is 0.382 e. The quantitative estimate of drug-likeness (QED) is 0.716. The molecule has 1 aliphatic heterocycles. The van der Waals surface area contributed by atoms with Gasteiger partial charge in [0, 0.05) is 12.1 Å². The molecule has 0 bridgehead atoms. The number of hydrogen-bond donors (Lipinski definition) is 1. The third-order valence-corrected chi connectivity index (χ3v) is 4.30. The first-order valence-electron chi connectivity index (χ1n) is 5.21. The molecule has 0 radical (unpaired) electrons. The van der Waals surface area contributed by atoms with Crippen molar-refractivity contribution in [3.63, 3.8) is 0 Å². The molecule has 1 heterocycles. The van der Waals surface area contributed by atoms with E-state index in [9.17, 15) is 8.42 Å². The minimum atomic E-state index is -3.62. The van der Waals surface area contributed by atoms with Gasteiger partial charge in [-0.1, -0.05) is 26.8 Å². The third kappa shape index (κ3) is 2.74. The lowest BCUT2D eigenvalue weighted by atomic mass is 9.86. The van der Waals surface area contributed by atoms with Crippen LogP contribution in [0, 0.1) is 3.57 Å². The topological polar surface area (TPSA) is 55.4 Å². The number of halogens is 1. The van der Waals surface area contributed by atoms with Gasteiger partial charge in [-0.05, 0) is 39.6 Å². The second-order valence-corrected chi connectivity index (χ2v) is 7.58. The van der Waals surface area contributed by atoms with Crippen LogP contribution in [0.5, 0.6) is 5.75 Å². The van der Waals surface area contributed by atoms with Crippen LogP contribution in [0.2, 0.25) is 0 Å². The Morgan fingerprint density at radius 2 is 2.00 bits per heavy atom. The molecule has 94 valence electrons. The van der Waals surface area contributed by atoms with Gasteiger partial charge in [-0.25, -0.2) is 0 Å². The summed E-state index contributed by atoms with van der Waals surface area (Å²) in [7, 11) is -3.62. The molecule has 17 heavy (non-hydrogen) atoms. The second-order valence-electron chi connectivity index (χ2n) is 5.05. The summed E-state index contributed by atoms with van der Waals surface area (Å²) in [4.78, 5) is 0. The van der Waals surface area contributed by atoms with Crippen LogP contribution in [0.1, 0.15) is 31.9 Å². The van der Waals surface area contributed by atoms with Crippen molar-refractivity contribution < 1.29 is 12.6 Å². The van der Waals surface area contributed by atoms with E-state index >= 15 is 0 Å². The molecule has 6 heteroatoms. The first kappa shape index (κ1) is 13.1. The summed E-state index contributed by atoms with van der Waals surface area (Å²) in [6, 6.07) is 3.97. The standard InChI is InChI=1S/C11H14INO3S/c1-11(2,3)8-4-7-6-13-17(14,15)16-10(7)9(12)5-8/h4-5,13H,6H2,1-3H3. The van der Waals surface area contributed by atoms with Crippen molar-refractivity contribution >= 4 is 32.9 Å². The summed E-state index contributed by atoms with van der Waals surface area (Å²) in [5, 5.41) is 0. The highest BCUT2D eigenvalue weighted by molar-refractivity contribution is 14.1. The molecule has 0 amide bonds. The zero-order chi connectivity index (χ0) is 12.8. The average Bonchev–Trinajstić information content (AvgIpc) is 2.16. The van der Waals surface area contributed by atoms with Crippen LogP contribution >= 0.6 is 22.6 Å². The van der Waals surface area contributed by atoms with Crippen molar-refractivity contribution in [1.82, 2.24) is 4.72 Å². The van der Waals surface area contributed by atoms with Crippen LogP contribution in [0.25, 0.3) is 0 Å². The Balaban J connectivity index is 2.55. The monoisotopic (exact) mass is 367 g/mol. The minimum absolute atomic E-state index is 0.0330. The van der Waals surface area contributed by atoms with Gasteiger partial charge in [-0.15, -0.1) is 0 Å². The Hall–Kier alpha value is -0.340. The zero-order valence-corrected chi connectivity index (χ0v) is 12.8. The molecular weight excluding hydrogens is 353 g/mol. The SMILES string of the molecule is CC(C)(C)c1cc(I)c2c(c1)CNS(=O)(=O)O2. The number of hydrogen-bond acceptors (Lipinski definition) is 3. The van der Waals surface area contributed by atoms with Crippen LogP contribution < -0.4 is 8.91 Å². The van der Waals surface area contributed by atoms with Gasteiger partial charge in [0.25, 0.3) is 0 Å². The molecule has 1 N–H and O–H groups in total. The van der Waals surface area contributed by atoms with E-state index in [0.29, 0.717) is 5.75 Å². The number of benzene rings is 1. The zero-order valence-electron chi connectivity index (χ0n) is 9.87. The Labute approximate surface area is 115 Å². The van der Waals surface area contributed by atoms with E-state index in [4.69, 9.17) is 4.18 Å². The van der Waals surface area contributed by atoms with Gasteiger partial charge in [0.1, 0.15) is 0 Å². The van der Waals surface area contributed by atoms with E-state index in [2.05, 4.69) is 48.1 Å². The predicted octanol–water partition coefficient (Wildman–Crippen LogP) is 2.32. The van der Waals surface area contributed by atoms with Crippen molar-refractivity contribution in [3.8, 4) is 5.75 Å². The van der Waals surface area contributed by atoms with Crippen LogP contribution in [-0.4, -0.2) is 8.42 Å². The van der Waals surface area contributed by atoms with E-state index < -0.39 is 10.3 Å². The van der Waals surface area contributed by atoms with Crippen LogP contribution in [0.15, 0.2) is 12.1 Å². The Bertz CT molecular complexity index is 561. The largest absolute Gasteiger partial charge is 0.382 e. The molecule has 0 saturated heterocycles. The summed E-state index contributed by atoms with van der Waals surface area (Å²) in [5.41, 5.74) is 2.09. The summed E-state index contributed by atoms with van der Waals surface area (Å²) < 4.78 is 30.8. The van der Waals surface area contributed by atoms with E-state index in [1.165, 1.54) is 5.56 Å². The van der Waals surface area contributed by atoms with Gasteiger partial charge >= 0.3 is 10.3 Å². The molecule has 1 aromatic rings. The molecule has 1 aliphatic rings. The Morgan fingerprint density at radius 3 is 2.59 bits per heavy atom. The first-order chi connectivity index (χ1) is 7.69. The maximum atomic E-state index is 11.3. The number of fused-ring (bicyclic) bond motifs is 1. The highest BCUT2D eigenvalue weighted by Gasteiger charge is 2.26. The van der Waals surface area contributed by atoms with Crippen LogP contribution in [0.4, 0.5) is 0 Å². The van der Waals surface area contributed by atoms with Crippen molar-refractivity contribution in [1.29, 1.82) is 0 Å². The van der Waals surface area contributed by atoms with Crippen molar-refractivity contribution in [2.75, 3.05) is 0 Å². The molecule has 0 spiro atoms. The summed E-state index contributed by atoms with van der Waals surface area (Å²) in [6.45, 7) is 6.66. The van der Waals surface area contributed by atoms with Gasteiger partial charge in [0.2, 0.25) is 0 Å². The molecule has 1 aromatic carbocycles. The van der Waals surface area contributed by atoms with Gasteiger partial charge in [0.15, 0.2) is 5.75 Å². The van der Waals surface area contributed by atoms with E-state index in [1.54, 1.807) is 0 Å². The summed E-state index contributed by atoms with van der Waals surface area (Å²) in [6.07, 6.45) is 0. The summed E-state index contributed by atoms with van der Waals surface area (Å²) >= 11 is 2.11. The maximum absolute atomic E-state index is 11.3. The molecule has 4 nitrogen and oxygen atoms in total. The fraction of sp³-hybridized carbons (Fsp3) is 0.455. The first-order valence-corrected chi connectivity index (χ1v) is 7.70. The molecule has 0 saturated carbocycles. The average molecular weight is 367 g/mol. The van der Waals surface area contributed by atoms with Gasteiger partial charge in [-0.3, -0.25) is 0 Å². The van der Waals surface area contributed by atoms with Crippen LogP contribution in [0.3, 0.4) is 0 Å². The van der Waals surface area contributed by atoms with Crippen molar-refractivity contribution in [3.05, 3.63) is 26.8 Å². The highest BCUT2D eigenvalue weighted by atomic mass is 127. The smallest absolute Gasteiger partial charge is 0.369 e. The fourth-order valence-electron chi connectivity index (χ4n) is 1.61. The predicted molar refractivity (Wildman–Crippen MR) is 74.2 cm³/mol. The van der Waals surface area contributed by atoms with E-state index in [-0.39, 0.29) is 12.0 Å². The molecule has 2 rings (SSSR count). The minimum Gasteiger partial charge on any atom is -0.369 e. The Morgan fingerprint density at radius 1 is 1.35 bits per heavy atom. The second kappa shape index (κ2) is 4.10. The van der Waals surface area contributed by atoms with Gasteiger partial charge in [-0.2, -0.15) is 13.1 Å². The molecule has 0 fully saturated rings. The van der Waals surface area contributed by atoms with Crippen molar-refractivity contribution in [2.45, 2.75) is 32.7 Å². The Kier molecular flexibility index (Phi) is 3.16. The third-order valence-electron chi connectivity index (χ3n) is 2.62. The number of nitrogens with one attached hydrogen (secondary N) is 1. The lowest BCUT2D eigenvalue weighted by Gasteiger charge is -2.24. The van der Waals surface area contributed by atoms with E-state index in [1.807, 2.05) is 12.1 Å². The molecular formula is C11H14INO3S. The lowest BCUT2D eigenvalue weighted by Crippen LogP contribution is -2.33. The fourth-order valence-corrected chi connectivity index (χ4v) is 3.36. The molecule has 0 atom stereocenters. The summed E-state index contributed by atoms with van der Waals surface area (Å²) in [5.74, 6) is 0.456. The van der Waals surface area contributed by atoms with Gasteiger partial charge in [0.05, 0.1) is 3.57 Å². The number of rotatable bonds is 0. The van der Waals surface area contributed by atoms with Gasteiger partial charge < -0.3 is 4.18 Å². The van der Waals surface area contributed by atoms with Crippen LogP contribution in [-0.2, 0) is 22.3 Å². The molecule has 0 aliphatic carbocycles. The highest BCUT2D eigenvalue weighted by Crippen LogP contribution is 2.34. The molecule has 0 aromatic heterocycles.